The fraction of sp³-hybridized carbons (Fsp3) is 0.190. The molecule has 4 N–H and O–H groups in total. The summed E-state index contributed by atoms with van der Waals surface area (Å²) in [5.74, 6) is -0.614. The summed E-state index contributed by atoms with van der Waals surface area (Å²) in [6, 6.07) is 14.5. The van der Waals surface area contributed by atoms with Crippen molar-refractivity contribution in [2.75, 3.05) is 13.7 Å². The quantitative estimate of drug-likeness (QED) is 0.457. The molecule has 0 aliphatic heterocycles. The third-order valence-electron chi connectivity index (χ3n) is 4.36. The summed E-state index contributed by atoms with van der Waals surface area (Å²) in [7, 11) is 1.48. The van der Waals surface area contributed by atoms with Gasteiger partial charge in [-0.2, -0.15) is 0 Å². The Hall–Kier alpha value is -3.81. The summed E-state index contributed by atoms with van der Waals surface area (Å²) in [5.41, 5.74) is 6.93. The summed E-state index contributed by atoms with van der Waals surface area (Å²) >= 11 is 0. The fourth-order valence-corrected chi connectivity index (χ4v) is 2.91. The minimum Gasteiger partial charge on any atom is -0.496 e. The van der Waals surface area contributed by atoms with Crippen LogP contribution in [-0.4, -0.2) is 36.4 Å². The van der Waals surface area contributed by atoms with E-state index in [0.717, 1.165) is 16.5 Å². The number of nitrogens with one attached hydrogen (secondary N) is 4. The first kappa shape index (κ1) is 19.9. The van der Waals surface area contributed by atoms with Crippen LogP contribution < -0.4 is 20.9 Å². The number of aromatic amines is 1. The van der Waals surface area contributed by atoms with Crippen molar-refractivity contribution in [2.45, 2.75) is 12.8 Å². The van der Waals surface area contributed by atoms with E-state index in [1.165, 1.54) is 7.11 Å². The summed E-state index contributed by atoms with van der Waals surface area (Å²) < 4.78 is 5.14. The number of H-pyrrole nitrogens is 1. The summed E-state index contributed by atoms with van der Waals surface area (Å²) in [4.78, 5) is 39.2. The zero-order chi connectivity index (χ0) is 20.6. The Balaban J connectivity index is 1.40. The first-order valence-corrected chi connectivity index (χ1v) is 9.12. The summed E-state index contributed by atoms with van der Waals surface area (Å²) in [6.45, 7) is 0.126. The van der Waals surface area contributed by atoms with Gasteiger partial charge in [0.25, 0.3) is 5.91 Å². The summed E-state index contributed by atoms with van der Waals surface area (Å²) in [5, 5.41) is 3.62. The SMILES string of the molecule is COc1ccccc1C(=O)NCCC(=O)NNC(=O)Cc1c[nH]c2ccccc12. The number of carbonyl (C=O) groups excluding carboxylic acids is 3. The highest BCUT2D eigenvalue weighted by molar-refractivity contribution is 5.97. The fourth-order valence-electron chi connectivity index (χ4n) is 2.91. The molecule has 0 aliphatic rings. The Morgan fingerprint density at radius 2 is 1.69 bits per heavy atom. The molecular weight excluding hydrogens is 372 g/mol. The van der Waals surface area contributed by atoms with Gasteiger partial charge in [0.15, 0.2) is 0 Å². The first-order valence-electron chi connectivity index (χ1n) is 9.12. The smallest absolute Gasteiger partial charge is 0.255 e. The molecule has 0 bridgehead atoms. The van der Waals surface area contributed by atoms with Crippen molar-refractivity contribution in [3.8, 4) is 5.75 Å². The minimum absolute atomic E-state index is 0.0221. The molecule has 3 amide bonds. The highest BCUT2D eigenvalue weighted by atomic mass is 16.5. The average molecular weight is 394 g/mol. The molecular formula is C21H22N4O4. The molecule has 0 fully saturated rings. The normalized spacial score (nSPS) is 10.4. The van der Waals surface area contributed by atoms with Gasteiger partial charge < -0.3 is 15.0 Å². The number of aromatic nitrogens is 1. The molecule has 0 unspecified atom stereocenters. The van der Waals surface area contributed by atoms with E-state index in [1.54, 1.807) is 30.5 Å². The maximum atomic E-state index is 12.2. The second-order valence-electron chi connectivity index (χ2n) is 6.34. The van der Waals surface area contributed by atoms with E-state index >= 15 is 0 Å². The predicted molar refractivity (Wildman–Crippen MR) is 108 cm³/mol. The van der Waals surface area contributed by atoms with Crippen molar-refractivity contribution in [3.05, 3.63) is 65.9 Å². The Kier molecular flexibility index (Phi) is 6.47. The number of carbonyl (C=O) groups is 3. The monoisotopic (exact) mass is 394 g/mol. The van der Waals surface area contributed by atoms with E-state index in [1.807, 2.05) is 24.3 Å². The number of hydrazine groups is 1. The van der Waals surface area contributed by atoms with Crippen LogP contribution in [0.2, 0.25) is 0 Å². The number of methoxy groups -OCH3 is 1. The molecule has 0 atom stereocenters. The molecule has 2 aromatic carbocycles. The standard InChI is InChI=1S/C21H22N4O4/c1-29-18-9-5-3-7-16(18)21(28)22-11-10-19(26)24-25-20(27)12-14-13-23-17-8-4-2-6-15(14)17/h2-9,13,23H,10-12H2,1H3,(H,22,28)(H,24,26)(H,25,27). The van der Waals surface area contributed by atoms with Gasteiger partial charge in [0.1, 0.15) is 5.75 Å². The van der Waals surface area contributed by atoms with Gasteiger partial charge in [0, 0.05) is 30.1 Å². The minimum atomic E-state index is -0.405. The number of hydrogen-bond donors (Lipinski definition) is 4. The first-order chi connectivity index (χ1) is 14.1. The number of fused-ring (bicyclic) bond motifs is 1. The number of amides is 3. The zero-order valence-electron chi connectivity index (χ0n) is 16.0. The van der Waals surface area contributed by atoms with E-state index in [9.17, 15) is 14.4 Å². The van der Waals surface area contributed by atoms with Gasteiger partial charge in [-0.1, -0.05) is 30.3 Å². The molecule has 0 saturated carbocycles. The lowest BCUT2D eigenvalue weighted by Crippen LogP contribution is -2.43. The van der Waals surface area contributed by atoms with Crippen LogP contribution in [0.4, 0.5) is 0 Å². The van der Waals surface area contributed by atoms with E-state index < -0.39 is 5.91 Å². The number of benzene rings is 2. The summed E-state index contributed by atoms with van der Waals surface area (Å²) in [6.07, 6.45) is 1.93. The van der Waals surface area contributed by atoms with Crippen LogP contribution in [-0.2, 0) is 16.0 Å². The van der Waals surface area contributed by atoms with Gasteiger partial charge in [0.2, 0.25) is 11.8 Å². The molecule has 150 valence electrons. The van der Waals surface area contributed by atoms with Crippen LogP contribution in [0, 0.1) is 0 Å². The third kappa shape index (κ3) is 5.13. The maximum Gasteiger partial charge on any atom is 0.255 e. The van der Waals surface area contributed by atoms with Crippen LogP contribution in [0.15, 0.2) is 54.7 Å². The van der Waals surface area contributed by atoms with Crippen LogP contribution in [0.25, 0.3) is 10.9 Å². The molecule has 0 aliphatic carbocycles. The van der Waals surface area contributed by atoms with Crippen molar-refractivity contribution < 1.29 is 19.1 Å². The molecule has 1 aromatic heterocycles. The van der Waals surface area contributed by atoms with Gasteiger partial charge in [-0.25, -0.2) is 0 Å². The van der Waals surface area contributed by atoms with Crippen molar-refractivity contribution in [2.24, 2.45) is 0 Å². The van der Waals surface area contributed by atoms with E-state index in [0.29, 0.717) is 11.3 Å². The highest BCUT2D eigenvalue weighted by Gasteiger charge is 2.12. The van der Waals surface area contributed by atoms with Gasteiger partial charge in [-0.15, -0.1) is 0 Å². The molecule has 29 heavy (non-hydrogen) atoms. The van der Waals surface area contributed by atoms with E-state index in [-0.39, 0.29) is 31.2 Å². The average Bonchev–Trinajstić information content (AvgIpc) is 3.15. The van der Waals surface area contributed by atoms with Crippen LogP contribution in [0.5, 0.6) is 5.75 Å². The number of para-hydroxylation sites is 2. The van der Waals surface area contributed by atoms with Gasteiger partial charge >= 0.3 is 0 Å². The van der Waals surface area contributed by atoms with Crippen LogP contribution >= 0.6 is 0 Å². The Labute approximate surface area is 167 Å². The molecule has 0 radical (unpaired) electrons. The maximum absolute atomic E-state index is 12.2. The topological polar surface area (TPSA) is 112 Å². The molecule has 3 rings (SSSR count). The van der Waals surface area contributed by atoms with Gasteiger partial charge in [-0.05, 0) is 23.8 Å². The van der Waals surface area contributed by atoms with E-state index in [2.05, 4.69) is 21.2 Å². The molecule has 0 spiro atoms. The van der Waals surface area contributed by atoms with Crippen molar-refractivity contribution in [1.82, 2.24) is 21.2 Å². The largest absolute Gasteiger partial charge is 0.496 e. The zero-order valence-corrected chi connectivity index (χ0v) is 16.0. The second kappa shape index (κ2) is 9.41. The van der Waals surface area contributed by atoms with Crippen molar-refractivity contribution in [3.63, 3.8) is 0 Å². The molecule has 1 heterocycles. The Morgan fingerprint density at radius 3 is 2.52 bits per heavy atom. The highest BCUT2D eigenvalue weighted by Crippen LogP contribution is 2.18. The Bertz CT molecular complexity index is 1030. The van der Waals surface area contributed by atoms with Crippen molar-refractivity contribution >= 4 is 28.6 Å². The lowest BCUT2D eigenvalue weighted by Gasteiger charge is -2.10. The lowest BCUT2D eigenvalue weighted by molar-refractivity contribution is -0.128. The molecule has 3 aromatic rings. The molecule has 0 saturated heterocycles. The number of ether oxygens (including phenoxy) is 1. The molecule has 8 heteroatoms. The lowest BCUT2D eigenvalue weighted by atomic mass is 10.1. The van der Waals surface area contributed by atoms with Gasteiger partial charge in [0.05, 0.1) is 19.1 Å². The van der Waals surface area contributed by atoms with E-state index in [4.69, 9.17) is 4.74 Å². The van der Waals surface area contributed by atoms with Crippen LogP contribution in [0.1, 0.15) is 22.3 Å². The molecule has 8 nitrogen and oxygen atoms in total. The van der Waals surface area contributed by atoms with Crippen LogP contribution in [0.3, 0.4) is 0 Å². The number of rotatable bonds is 7. The van der Waals surface area contributed by atoms with Gasteiger partial charge in [-0.3, -0.25) is 25.2 Å². The predicted octanol–water partition coefficient (Wildman–Crippen LogP) is 1.69. The second-order valence-corrected chi connectivity index (χ2v) is 6.34. The van der Waals surface area contributed by atoms with Crippen molar-refractivity contribution in [1.29, 1.82) is 0 Å². The number of hydrogen-bond acceptors (Lipinski definition) is 4. The Morgan fingerprint density at radius 1 is 0.966 bits per heavy atom. The third-order valence-corrected chi connectivity index (χ3v) is 4.36.